The van der Waals surface area contributed by atoms with Gasteiger partial charge in [-0.3, -0.25) is 4.79 Å². The van der Waals surface area contributed by atoms with Gasteiger partial charge in [-0.2, -0.15) is 0 Å². The molecule has 1 aromatic heterocycles. The number of benzene rings is 2. The zero-order valence-corrected chi connectivity index (χ0v) is 12.8. The fourth-order valence-corrected chi connectivity index (χ4v) is 2.64. The lowest BCUT2D eigenvalue weighted by Crippen LogP contribution is -2.23. The number of rotatable bonds is 3. The molecule has 0 saturated carbocycles. The smallest absolute Gasteiger partial charge is 0.267 e. The van der Waals surface area contributed by atoms with Gasteiger partial charge in [-0.05, 0) is 42.0 Å². The quantitative estimate of drug-likeness (QED) is 0.724. The molecule has 3 nitrogen and oxygen atoms in total. The van der Waals surface area contributed by atoms with Crippen LogP contribution < -0.4 is 5.32 Å². The van der Waals surface area contributed by atoms with Crippen molar-refractivity contribution in [2.45, 2.75) is 6.54 Å². The minimum atomic E-state index is -0.341. The number of hydrogen-bond acceptors (Lipinski definition) is 1. The minimum Gasteiger partial charge on any atom is -0.351 e. The maximum Gasteiger partial charge on any atom is 0.267 e. The number of halogens is 3. The van der Waals surface area contributed by atoms with Crippen molar-refractivity contribution < 1.29 is 9.18 Å². The first-order valence-electron chi connectivity index (χ1n) is 6.53. The second-order valence-electron chi connectivity index (χ2n) is 4.83. The number of hydrogen-bond donors (Lipinski definition) is 2. The summed E-state index contributed by atoms with van der Waals surface area (Å²) >= 11 is 11.9. The summed E-state index contributed by atoms with van der Waals surface area (Å²) in [6.07, 6.45) is 0. The number of fused-ring (bicyclic) bond motifs is 1. The van der Waals surface area contributed by atoms with E-state index in [9.17, 15) is 9.18 Å². The van der Waals surface area contributed by atoms with Crippen molar-refractivity contribution in [2.75, 3.05) is 0 Å². The molecule has 6 heteroatoms. The van der Waals surface area contributed by atoms with E-state index in [1.807, 2.05) is 0 Å². The van der Waals surface area contributed by atoms with Gasteiger partial charge >= 0.3 is 0 Å². The average molecular weight is 337 g/mol. The molecule has 0 spiro atoms. The van der Waals surface area contributed by atoms with Crippen molar-refractivity contribution in [1.29, 1.82) is 0 Å². The van der Waals surface area contributed by atoms with Crippen LogP contribution in [0.15, 0.2) is 42.5 Å². The van der Waals surface area contributed by atoms with Crippen LogP contribution in [-0.4, -0.2) is 10.9 Å². The van der Waals surface area contributed by atoms with Crippen LogP contribution in [0.4, 0.5) is 4.39 Å². The number of amides is 1. The molecule has 0 unspecified atom stereocenters. The van der Waals surface area contributed by atoms with E-state index in [0.29, 0.717) is 26.6 Å². The molecule has 0 bridgehead atoms. The van der Waals surface area contributed by atoms with E-state index >= 15 is 0 Å². The fourth-order valence-electron chi connectivity index (χ4n) is 2.16. The molecule has 0 aliphatic carbocycles. The first kappa shape index (κ1) is 14.9. The van der Waals surface area contributed by atoms with Crippen molar-refractivity contribution >= 4 is 40.0 Å². The summed E-state index contributed by atoms with van der Waals surface area (Å²) in [5.41, 5.74) is 1.84. The Morgan fingerprint density at radius 1 is 1.14 bits per heavy atom. The summed E-state index contributed by atoms with van der Waals surface area (Å²) in [6, 6.07) is 11.0. The first-order valence-corrected chi connectivity index (χ1v) is 7.29. The molecule has 22 heavy (non-hydrogen) atoms. The monoisotopic (exact) mass is 336 g/mol. The Morgan fingerprint density at radius 3 is 2.73 bits per heavy atom. The van der Waals surface area contributed by atoms with E-state index in [0.717, 1.165) is 5.56 Å². The predicted molar refractivity (Wildman–Crippen MR) is 85.9 cm³/mol. The Hall–Kier alpha value is -2.04. The van der Waals surface area contributed by atoms with Crippen LogP contribution >= 0.6 is 23.2 Å². The van der Waals surface area contributed by atoms with Gasteiger partial charge in [-0.1, -0.05) is 29.3 Å². The van der Waals surface area contributed by atoms with E-state index in [1.165, 1.54) is 12.1 Å². The molecule has 0 aliphatic heterocycles. The van der Waals surface area contributed by atoms with Crippen LogP contribution in [0, 0.1) is 5.82 Å². The highest BCUT2D eigenvalue weighted by Crippen LogP contribution is 2.21. The second kappa shape index (κ2) is 5.99. The van der Waals surface area contributed by atoms with Crippen molar-refractivity contribution in [1.82, 2.24) is 10.3 Å². The van der Waals surface area contributed by atoms with Crippen LogP contribution in [-0.2, 0) is 6.54 Å². The molecule has 3 rings (SSSR count). The van der Waals surface area contributed by atoms with Gasteiger partial charge in [0.15, 0.2) is 0 Å². The number of H-pyrrole nitrogens is 1. The molecule has 1 amide bonds. The van der Waals surface area contributed by atoms with Gasteiger partial charge in [-0.15, -0.1) is 0 Å². The normalized spacial score (nSPS) is 10.9. The van der Waals surface area contributed by atoms with E-state index in [4.69, 9.17) is 23.2 Å². The van der Waals surface area contributed by atoms with E-state index in [1.54, 1.807) is 30.3 Å². The Morgan fingerprint density at radius 2 is 1.95 bits per heavy atom. The van der Waals surface area contributed by atoms with Gasteiger partial charge in [0.05, 0.1) is 0 Å². The number of aromatic nitrogens is 1. The third-order valence-corrected chi connectivity index (χ3v) is 3.87. The molecule has 2 N–H and O–H groups in total. The number of aromatic amines is 1. The summed E-state index contributed by atoms with van der Waals surface area (Å²) in [6.45, 7) is 0.276. The summed E-state index contributed by atoms with van der Waals surface area (Å²) in [4.78, 5) is 15.1. The van der Waals surface area contributed by atoms with Crippen LogP contribution in [0.1, 0.15) is 16.1 Å². The maximum atomic E-state index is 13.2. The van der Waals surface area contributed by atoms with Crippen molar-refractivity contribution in [3.05, 3.63) is 69.6 Å². The predicted octanol–water partition coefficient (Wildman–Crippen LogP) is 4.54. The van der Waals surface area contributed by atoms with Gasteiger partial charge in [0, 0.05) is 27.5 Å². The van der Waals surface area contributed by atoms with Gasteiger partial charge in [0.25, 0.3) is 5.91 Å². The van der Waals surface area contributed by atoms with Crippen molar-refractivity contribution in [2.24, 2.45) is 0 Å². The molecule has 2 aromatic carbocycles. The van der Waals surface area contributed by atoms with Crippen molar-refractivity contribution in [3.63, 3.8) is 0 Å². The first-order chi connectivity index (χ1) is 10.5. The van der Waals surface area contributed by atoms with E-state index in [2.05, 4.69) is 10.3 Å². The zero-order chi connectivity index (χ0) is 15.7. The largest absolute Gasteiger partial charge is 0.351 e. The molecule has 112 valence electrons. The van der Waals surface area contributed by atoms with Gasteiger partial charge in [0.1, 0.15) is 11.5 Å². The van der Waals surface area contributed by atoms with Crippen molar-refractivity contribution in [3.8, 4) is 0 Å². The Labute approximate surface area is 136 Å². The topological polar surface area (TPSA) is 44.9 Å². The highest BCUT2D eigenvalue weighted by molar-refractivity contribution is 6.35. The molecule has 0 fully saturated rings. The lowest BCUT2D eigenvalue weighted by atomic mass is 10.2. The molecule has 3 aromatic rings. The average Bonchev–Trinajstić information content (AvgIpc) is 2.89. The summed E-state index contributed by atoms with van der Waals surface area (Å²) < 4.78 is 13.2. The van der Waals surface area contributed by atoms with Gasteiger partial charge in [0.2, 0.25) is 0 Å². The highest BCUT2D eigenvalue weighted by atomic mass is 35.5. The van der Waals surface area contributed by atoms with E-state index in [-0.39, 0.29) is 18.3 Å². The van der Waals surface area contributed by atoms with E-state index < -0.39 is 0 Å². The van der Waals surface area contributed by atoms with Crippen LogP contribution in [0.25, 0.3) is 10.9 Å². The SMILES string of the molecule is O=C(NCc1ccc(Cl)cc1Cl)c1cc2cc(F)ccc2[nH]1. The lowest BCUT2D eigenvalue weighted by molar-refractivity contribution is 0.0947. The highest BCUT2D eigenvalue weighted by Gasteiger charge is 2.10. The molecule has 0 aliphatic rings. The lowest BCUT2D eigenvalue weighted by Gasteiger charge is -2.06. The number of nitrogens with one attached hydrogen (secondary N) is 2. The summed E-state index contributed by atoms with van der Waals surface area (Å²) in [5.74, 6) is -0.631. The fraction of sp³-hybridized carbons (Fsp3) is 0.0625. The van der Waals surface area contributed by atoms with Crippen LogP contribution in [0.3, 0.4) is 0 Å². The summed E-state index contributed by atoms with van der Waals surface area (Å²) in [5, 5.41) is 4.44. The molecule has 0 saturated heterocycles. The van der Waals surface area contributed by atoms with Crippen LogP contribution in [0.5, 0.6) is 0 Å². The van der Waals surface area contributed by atoms with Gasteiger partial charge < -0.3 is 10.3 Å². The third-order valence-electron chi connectivity index (χ3n) is 3.28. The second-order valence-corrected chi connectivity index (χ2v) is 5.68. The minimum absolute atomic E-state index is 0.276. The zero-order valence-electron chi connectivity index (χ0n) is 11.3. The Balaban J connectivity index is 1.75. The molecular weight excluding hydrogens is 326 g/mol. The Bertz CT molecular complexity index is 860. The molecule has 0 atom stereocenters. The van der Waals surface area contributed by atoms with Crippen LogP contribution in [0.2, 0.25) is 10.0 Å². The molecule has 0 radical (unpaired) electrons. The standard InChI is InChI=1S/C16H11Cl2FN2O/c17-11-2-1-9(13(18)7-11)8-20-16(22)15-6-10-5-12(19)3-4-14(10)21-15/h1-7,21H,8H2,(H,20,22). The van der Waals surface area contributed by atoms with Gasteiger partial charge in [-0.25, -0.2) is 4.39 Å². The maximum absolute atomic E-state index is 13.2. The molecular formula is C16H11Cl2FN2O. The molecule has 1 heterocycles. The Kier molecular flexibility index (Phi) is 4.05. The number of carbonyl (C=O) groups is 1. The third kappa shape index (κ3) is 3.08. The summed E-state index contributed by atoms with van der Waals surface area (Å²) in [7, 11) is 0. The number of carbonyl (C=O) groups excluding carboxylic acids is 1.